The number of carbonyl (C=O) groups excluding carboxylic acids is 2. The van der Waals surface area contributed by atoms with E-state index in [1.165, 1.54) is 32.1 Å². The Morgan fingerprint density at radius 2 is 1.86 bits per heavy atom. The standard InChI is InChI=1S/C23H34N2O3/c1-23(22(27)24-19-12-6-4-3-5-7-13-19)17-18-11-8-9-14-20(18)21(26)25(23)15-10-16-28-2/h8-9,11,14,19H,3-7,10,12-13,15-17H2,1-2H3,(H,24,27). The molecule has 3 rings (SSSR count). The van der Waals surface area contributed by atoms with Crippen LogP contribution in [0.2, 0.25) is 0 Å². The molecule has 1 fully saturated rings. The highest BCUT2D eigenvalue weighted by Gasteiger charge is 2.46. The number of fused-ring (bicyclic) bond motifs is 1. The van der Waals surface area contributed by atoms with Crippen LogP contribution in [0.5, 0.6) is 0 Å². The van der Waals surface area contributed by atoms with Gasteiger partial charge < -0.3 is 15.0 Å². The number of carbonyl (C=O) groups is 2. The molecule has 154 valence electrons. The molecule has 1 aliphatic carbocycles. The van der Waals surface area contributed by atoms with Gasteiger partial charge in [-0.1, -0.05) is 50.3 Å². The highest BCUT2D eigenvalue weighted by atomic mass is 16.5. The third kappa shape index (κ3) is 4.57. The van der Waals surface area contributed by atoms with Gasteiger partial charge >= 0.3 is 0 Å². The zero-order valence-corrected chi connectivity index (χ0v) is 17.3. The van der Waals surface area contributed by atoms with E-state index >= 15 is 0 Å². The lowest BCUT2D eigenvalue weighted by molar-refractivity contribution is -0.132. The van der Waals surface area contributed by atoms with Gasteiger partial charge in [-0.3, -0.25) is 9.59 Å². The van der Waals surface area contributed by atoms with E-state index in [1.54, 1.807) is 12.0 Å². The summed E-state index contributed by atoms with van der Waals surface area (Å²) in [7, 11) is 1.66. The molecule has 5 heteroatoms. The molecule has 0 spiro atoms. The largest absolute Gasteiger partial charge is 0.385 e. The van der Waals surface area contributed by atoms with Gasteiger partial charge in [0.05, 0.1) is 0 Å². The third-order valence-electron chi connectivity index (χ3n) is 6.28. The Morgan fingerprint density at radius 3 is 2.57 bits per heavy atom. The number of amides is 2. The lowest BCUT2D eigenvalue weighted by Gasteiger charge is -2.44. The van der Waals surface area contributed by atoms with Crippen LogP contribution in [0.3, 0.4) is 0 Å². The van der Waals surface area contributed by atoms with Crippen LogP contribution in [0.25, 0.3) is 0 Å². The Kier molecular flexibility index (Phi) is 7.11. The fourth-order valence-corrected chi connectivity index (χ4v) is 4.58. The van der Waals surface area contributed by atoms with Gasteiger partial charge in [0.15, 0.2) is 0 Å². The monoisotopic (exact) mass is 386 g/mol. The van der Waals surface area contributed by atoms with Crippen LogP contribution in [-0.4, -0.2) is 48.6 Å². The molecule has 1 atom stereocenters. The van der Waals surface area contributed by atoms with Crippen LogP contribution in [0.4, 0.5) is 0 Å². The van der Waals surface area contributed by atoms with Crippen molar-refractivity contribution in [1.29, 1.82) is 0 Å². The molecule has 1 aromatic rings. The van der Waals surface area contributed by atoms with Crippen LogP contribution in [-0.2, 0) is 16.0 Å². The maximum atomic E-state index is 13.4. The molecular formula is C23H34N2O3. The highest BCUT2D eigenvalue weighted by Crippen LogP contribution is 2.32. The van der Waals surface area contributed by atoms with E-state index in [0.29, 0.717) is 19.6 Å². The smallest absolute Gasteiger partial charge is 0.255 e. The molecule has 1 aromatic carbocycles. The van der Waals surface area contributed by atoms with Gasteiger partial charge in [0, 0.05) is 38.3 Å². The quantitative estimate of drug-likeness (QED) is 0.758. The first-order chi connectivity index (χ1) is 13.6. The van der Waals surface area contributed by atoms with Crippen LogP contribution >= 0.6 is 0 Å². The van der Waals surface area contributed by atoms with Crippen molar-refractivity contribution in [2.75, 3.05) is 20.3 Å². The Hall–Kier alpha value is -1.88. The molecule has 28 heavy (non-hydrogen) atoms. The number of methoxy groups -OCH3 is 1. The maximum Gasteiger partial charge on any atom is 0.255 e. The second kappa shape index (κ2) is 9.55. The highest BCUT2D eigenvalue weighted by molar-refractivity contribution is 6.02. The average molecular weight is 387 g/mol. The van der Waals surface area contributed by atoms with Gasteiger partial charge in [0.2, 0.25) is 5.91 Å². The van der Waals surface area contributed by atoms with Gasteiger partial charge in [-0.25, -0.2) is 0 Å². The molecule has 0 bridgehead atoms. The zero-order chi connectivity index (χ0) is 20.0. The normalized spacial score (nSPS) is 23.6. The first-order valence-corrected chi connectivity index (χ1v) is 10.8. The molecule has 0 aromatic heterocycles. The van der Waals surface area contributed by atoms with Crippen molar-refractivity contribution in [3.05, 3.63) is 35.4 Å². The third-order valence-corrected chi connectivity index (χ3v) is 6.28. The SMILES string of the molecule is COCCCN1C(=O)c2ccccc2CC1(C)C(=O)NC1CCCCCCC1. The number of nitrogens with zero attached hydrogens (tertiary/aromatic N) is 1. The molecule has 1 aliphatic heterocycles. The zero-order valence-electron chi connectivity index (χ0n) is 17.3. The minimum atomic E-state index is -0.860. The van der Waals surface area contributed by atoms with Crippen molar-refractivity contribution in [2.24, 2.45) is 0 Å². The van der Waals surface area contributed by atoms with E-state index in [2.05, 4.69) is 5.32 Å². The first-order valence-electron chi connectivity index (χ1n) is 10.8. The van der Waals surface area contributed by atoms with Crippen molar-refractivity contribution in [3.8, 4) is 0 Å². The number of ether oxygens (including phenoxy) is 1. The Bertz CT molecular complexity index is 682. The van der Waals surface area contributed by atoms with Crippen LogP contribution < -0.4 is 5.32 Å². The topological polar surface area (TPSA) is 58.6 Å². The summed E-state index contributed by atoms with van der Waals surface area (Å²) in [6.07, 6.45) is 9.49. The van der Waals surface area contributed by atoms with Gasteiger partial charge in [0.25, 0.3) is 5.91 Å². The summed E-state index contributed by atoms with van der Waals surface area (Å²) in [4.78, 5) is 28.4. The van der Waals surface area contributed by atoms with E-state index in [0.717, 1.165) is 30.4 Å². The summed E-state index contributed by atoms with van der Waals surface area (Å²) >= 11 is 0. The Morgan fingerprint density at radius 1 is 1.18 bits per heavy atom. The minimum absolute atomic E-state index is 0.0154. The minimum Gasteiger partial charge on any atom is -0.385 e. The summed E-state index contributed by atoms with van der Waals surface area (Å²) in [6.45, 7) is 3.02. The lowest BCUT2D eigenvalue weighted by atomic mass is 9.82. The van der Waals surface area contributed by atoms with Gasteiger partial charge in [-0.15, -0.1) is 0 Å². The molecule has 1 N–H and O–H groups in total. The van der Waals surface area contributed by atoms with Crippen molar-refractivity contribution in [2.45, 2.75) is 76.3 Å². The predicted octanol–water partition coefficient (Wildman–Crippen LogP) is 3.71. The van der Waals surface area contributed by atoms with E-state index < -0.39 is 5.54 Å². The van der Waals surface area contributed by atoms with Crippen molar-refractivity contribution in [3.63, 3.8) is 0 Å². The first kappa shape index (κ1) is 20.8. The Balaban J connectivity index is 1.81. The van der Waals surface area contributed by atoms with Crippen LogP contribution in [0, 0.1) is 0 Å². The number of hydrogen-bond donors (Lipinski definition) is 1. The van der Waals surface area contributed by atoms with Gasteiger partial charge in [0.1, 0.15) is 5.54 Å². The predicted molar refractivity (Wildman–Crippen MR) is 110 cm³/mol. The molecule has 0 radical (unpaired) electrons. The molecule has 0 saturated heterocycles. The summed E-state index contributed by atoms with van der Waals surface area (Å²) < 4.78 is 5.17. The summed E-state index contributed by atoms with van der Waals surface area (Å²) in [5.41, 5.74) is 0.823. The van der Waals surface area contributed by atoms with E-state index in [-0.39, 0.29) is 17.9 Å². The fourth-order valence-electron chi connectivity index (χ4n) is 4.58. The molecule has 2 amide bonds. The second-order valence-electron chi connectivity index (χ2n) is 8.43. The number of nitrogens with one attached hydrogen (secondary N) is 1. The van der Waals surface area contributed by atoms with Crippen molar-refractivity contribution < 1.29 is 14.3 Å². The second-order valence-corrected chi connectivity index (χ2v) is 8.43. The van der Waals surface area contributed by atoms with Crippen LogP contribution in [0.15, 0.2) is 24.3 Å². The van der Waals surface area contributed by atoms with E-state index in [1.807, 2.05) is 31.2 Å². The van der Waals surface area contributed by atoms with Gasteiger partial charge in [-0.05, 0) is 37.8 Å². The van der Waals surface area contributed by atoms with Gasteiger partial charge in [-0.2, -0.15) is 0 Å². The van der Waals surface area contributed by atoms with Crippen LogP contribution in [0.1, 0.15) is 74.2 Å². The molecular weight excluding hydrogens is 352 g/mol. The summed E-state index contributed by atoms with van der Waals surface area (Å²) in [5, 5.41) is 3.30. The molecule has 1 saturated carbocycles. The summed E-state index contributed by atoms with van der Waals surface area (Å²) in [6, 6.07) is 7.90. The van der Waals surface area contributed by atoms with E-state index in [9.17, 15) is 9.59 Å². The fraction of sp³-hybridized carbons (Fsp3) is 0.652. The van der Waals surface area contributed by atoms with Crippen molar-refractivity contribution in [1.82, 2.24) is 10.2 Å². The average Bonchev–Trinajstić information content (AvgIpc) is 2.66. The summed E-state index contributed by atoms with van der Waals surface area (Å²) in [5.74, 6) is -0.0633. The Labute approximate surface area is 168 Å². The molecule has 1 heterocycles. The number of hydrogen-bond acceptors (Lipinski definition) is 3. The molecule has 5 nitrogen and oxygen atoms in total. The maximum absolute atomic E-state index is 13.4. The molecule has 1 unspecified atom stereocenters. The molecule has 2 aliphatic rings. The van der Waals surface area contributed by atoms with E-state index in [4.69, 9.17) is 4.74 Å². The number of rotatable bonds is 6. The lowest BCUT2D eigenvalue weighted by Crippen LogP contribution is -2.63. The van der Waals surface area contributed by atoms with Crippen molar-refractivity contribution >= 4 is 11.8 Å². The number of benzene rings is 1.